The normalized spacial score (nSPS) is 13.0. The number of nitrogens with zero attached hydrogens (tertiary/aromatic N) is 1. The molecule has 0 aliphatic carbocycles. The third-order valence-electron chi connectivity index (χ3n) is 3.55. The standard InChI is InChI=1S/C15H18FN3O4S/c1-9-15(10(2)18-17-9)24(22,23)19-13(7-8-14(20)21)11-3-5-12(16)6-4-11/h3-6,13,19H,7-8H2,1-2H3,(H,17,18)(H,20,21). The van der Waals surface area contributed by atoms with Crippen LogP contribution in [0, 0.1) is 19.7 Å². The molecule has 1 atom stereocenters. The second kappa shape index (κ2) is 7.10. The van der Waals surface area contributed by atoms with Gasteiger partial charge in [0.05, 0.1) is 11.4 Å². The van der Waals surface area contributed by atoms with Crippen LogP contribution in [0.1, 0.15) is 35.8 Å². The molecule has 2 rings (SSSR count). The molecule has 0 aliphatic rings. The van der Waals surface area contributed by atoms with Crippen molar-refractivity contribution in [3.63, 3.8) is 0 Å². The summed E-state index contributed by atoms with van der Waals surface area (Å²) in [6, 6.07) is 4.47. The highest BCUT2D eigenvalue weighted by atomic mass is 32.2. The lowest BCUT2D eigenvalue weighted by Gasteiger charge is -2.19. The highest BCUT2D eigenvalue weighted by Crippen LogP contribution is 2.24. The topological polar surface area (TPSA) is 112 Å². The van der Waals surface area contributed by atoms with Crippen LogP contribution in [-0.4, -0.2) is 29.7 Å². The van der Waals surface area contributed by atoms with Crippen molar-refractivity contribution in [3.8, 4) is 0 Å². The van der Waals surface area contributed by atoms with Crippen molar-refractivity contribution in [2.24, 2.45) is 0 Å². The minimum Gasteiger partial charge on any atom is -0.481 e. The maximum absolute atomic E-state index is 13.1. The minimum absolute atomic E-state index is 0.0323. The van der Waals surface area contributed by atoms with E-state index < -0.39 is 27.9 Å². The van der Waals surface area contributed by atoms with Crippen LogP contribution in [-0.2, 0) is 14.8 Å². The van der Waals surface area contributed by atoms with Crippen molar-refractivity contribution in [2.75, 3.05) is 0 Å². The number of aromatic nitrogens is 2. The smallest absolute Gasteiger partial charge is 0.303 e. The number of hydrogen-bond acceptors (Lipinski definition) is 4. The Morgan fingerprint density at radius 3 is 2.46 bits per heavy atom. The number of carboxylic acid groups (broad SMARTS) is 1. The van der Waals surface area contributed by atoms with Crippen LogP contribution in [0.2, 0.25) is 0 Å². The number of sulfonamides is 1. The largest absolute Gasteiger partial charge is 0.481 e. The first-order chi connectivity index (χ1) is 11.2. The van der Waals surface area contributed by atoms with Crippen molar-refractivity contribution >= 4 is 16.0 Å². The van der Waals surface area contributed by atoms with Gasteiger partial charge >= 0.3 is 5.97 Å². The van der Waals surface area contributed by atoms with Crippen molar-refractivity contribution in [2.45, 2.75) is 37.6 Å². The fourth-order valence-electron chi connectivity index (χ4n) is 2.44. The molecule has 0 fully saturated rings. The summed E-state index contributed by atoms with van der Waals surface area (Å²) in [6.07, 6.45) is -0.190. The summed E-state index contributed by atoms with van der Waals surface area (Å²) in [7, 11) is -3.91. The Bertz CT molecular complexity index is 811. The Kier molecular flexibility index (Phi) is 5.35. The van der Waals surface area contributed by atoms with E-state index in [-0.39, 0.29) is 17.7 Å². The van der Waals surface area contributed by atoms with Gasteiger partial charge in [-0.15, -0.1) is 0 Å². The lowest BCUT2D eigenvalue weighted by Crippen LogP contribution is -2.30. The van der Waals surface area contributed by atoms with E-state index in [1.165, 1.54) is 24.3 Å². The summed E-state index contributed by atoms with van der Waals surface area (Å²) < 4.78 is 40.9. The monoisotopic (exact) mass is 355 g/mol. The molecule has 0 saturated heterocycles. The molecule has 1 aromatic carbocycles. The fourth-order valence-corrected chi connectivity index (χ4v) is 4.07. The van der Waals surface area contributed by atoms with Crippen molar-refractivity contribution < 1.29 is 22.7 Å². The molecule has 0 radical (unpaired) electrons. The molecule has 130 valence electrons. The number of halogens is 1. The molecular weight excluding hydrogens is 337 g/mol. The number of carboxylic acids is 1. The summed E-state index contributed by atoms with van der Waals surface area (Å²) in [6.45, 7) is 3.14. The van der Waals surface area contributed by atoms with E-state index >= 15 is 0 Å². The highest BCUT2D eigenvalue weighted by molar-refractivity contribution is 7.89. The molecule has 3 N–H and O–H groups in total. The molecule has 2 aromatic rings. The first kappa shape index (κ1) is 18.1. The zero-order chi connectivity index (χ0) is 17.9. The number of aryl methyl sites for hydroxylation is 2. The zero-order valence-electron chi connectivity index (χ0n) is 13.2. The number of aliphatic carboxylic acids is 1. The summed E-state index contributed by atoms with van der Waals surface area (Å²) in [5.41, 5.74) is 1.19. The molecule has 0 saturated carbocycles. The molecule has 0 aliphatic heterocycles. The third-order valence-corrected chi connectivity index (χ3v) is 5.28. The van der Waals surface area contributed by atoms with Gasteiger partial charge in [0.15, 0.2) is 0 Å². The number of rotatable bonds is 7. The predicted octanol–water partition coefficient (Wildman–Crippen LogP) is 2.05. The van der Waals surface area contributed by atoms with E-state index in [0.29, 0.717) is 17.0 Å². The predicted molar refractivity (Wildman–Crippen MR) is 84.4 cm³/mol. The Labute approximate surface area is 139 Å². The van der Waals surface area contributed by atoms with Crippen LogP contribution in [0.3, 0.4) is 0 Å². The molecule has 7 nitrogen and oxygen atoms in total. The van der Waals surface area contributed by atoms with Gasteiger partial charge in [0.25, 0.3) is 0 Å². The van der Waals surface area contributed by atoms with Gasteiger partial charge in [-0.3, -0.25) is 9.89 Å². The molecule has 1 aromatic heterocycles. The summed E-state index contributed by atoms with van der Waals surface area (Å²) in [5, 5.41) is 15.3. The Morgan fingerprint density at radius 1 is 1.33 bits per heavy atom. The van der Waals surface area contributed by atoms with Gasteiger partial charge in [-0.2, -0.15) is 5.10 Å². The number of carbonyl (C=O) groups is 1. The van der Waals surface area contributed by atoms with E-state index in [0.717, 1.165) is 0 Å². The van der Waals surface area contributed by atoms with Crippen LogP contribution in [0.4, 0.5) is 4.39 Å². The maximum atomic E-state index is 13.1. The number of nitrogens with one attached hydrogen (secondary N) is 2. The SMILES string of the molecule is Cc1n[nH]c(C)c1S(=O)(=O)NC(CCC(=O)O)c1ccc(F)cc1. The van der Waals surface area contributed by atoms with Gasteiger partial charge in [0, 0.05) is 12.5 Å². The molecule has 0 amide bonds. The second-order valence-corrected chi connectivity index (χ2v) is 7.07. The Balaban J connectivity index is 2.33. The van der Waals surface area contributed by atoms with Crippen LogP contribution < -0.4 is 4.72 Å². The molecule has 24 heavy (non-hydrogen) atoms. The second-order valence-electron chi connectivity index (χ2n) is 5.42. The zero-order valence-corrected chi connectivity index (χ0v) is 14.0. The number of benzene rings is 1. The maximum Gasteiger partial charge on any atom is 0.303 e. The Morgan fingerprint density at radius 2 is 1.96 bits per heavy atom. The minimum atomic E-state index is -3.91. The van der Waals surface area contributed by atoms with Gasteiger partial charge < -0.3 is 5.11 Å². The van der Waals surface area contributed by atoms with Crippen LogP contribution >= 0.6 is 0 Å². The van der Waals surface area contributed by atoms with Crippen molar-refractivity contribution in [3.05, 3.63) is 47.0 Å². The lowest BCUT2D eigenvalue weighted by molar-refractivity contribution is -0.137. The average Bonchev–Trinajstić information content (AvgIpc) is 2.84. The first-order valence-corrected chi connectivity index (χ1v) is 8.70. The summed E-state index contributed by atoms with van der Waals surface area (Å²) in [5.74, 6) is -1.50. The first-order valence-electron chi connectivity index (χ1n) is 7.22. The highest BCUT2D eigenvalue weighted by Gasteiger charge is 2.26. The molecule has 9 heteroatoms. The van der Waals surface area contributed by atoms with E-state index in [1.807, 2.05) is 0 Å². The van der Waals surface area contributed by atoms with Gasteiger partial charge in [-0.25, -0.2) is 17.5 Å². The molecule has 1 unspecified atom stereocenters. The Hall–Kier alpha value is -2.26. The van der Waals surface area contributed by atoms with Crippen molar-refractivity contribution in [1.29, 1.82) is 0 Å². The van der Waals surface area contributed by atoms with Gasteiger partial charge in [0.2, 0.25) is 10.0 Å². The number of hydrogen-bond donors (Lipinski definition) is 3. The average molecular weight is 355 g/mol. The quantitative estimate of drug-likeness (QED) is 0.704. The molecule has 0 bridgehead atoms. The van der Waals surface area contributed by atoms with Crippen LogP contribution in [0.5, 0.6) is 0 Å². The summed E-state index contributed by atoms with van der Waals surface area (Å²) in [4.78, 5) is 10.9. The van der Waals surface area contributed by atoms with Gasteiger partial charge in [-0.05, 0) is 38.0 Å². The van der Waals surface area contributed by atoms with E-state index in [4.69, 9.17) is 5.11 Å². The van der Waals surface area contributed by atoms with E-state index in [1.54, 1.807) is 13.8 Å². The lowest BCUT2D eigenvalue weighted by atomic mass is 10.0. The van der Waals surface area contributed by atoms with Gasteiger partial charge in [-0.1, -0.05) is 12.1 Å². The third kappa shape index (κ3) is 4.18. The molecule has 1 heterocycles. The van der Waals surface area contributed by atoms with Crippen LogP contribution in [0.25, 0.3) is 0 Å². The summed E-state index contributed by atoms with van der Waals surface area (Å²) >= 11 is 0. The fraction of sp³-hybridized carbons (Fsp3) is 0.333. The van der Waals surface area contributed by atoms with Gasteiger partial charge in [0.1, 0.15) is 10.7 Å². The number of aromatic amines is 1. The van der Waals surface area contributed by atoms with E-state index in [9.17, 15) is 17.6 Å². The molecular formula is C15H18FN3O4S. The van der Waals surface area contributed by atoms with Crippen molar-refractivity contribution in [1.82, 2.24) is 14.9 Å². The van der Waals surface area contributed by atoms with Crippen LogP contribution in [0.15, 0.2) is 29.2 Å². The van der Waals surface area contributed by atoms with E-state index in [2.05, 4.69) is 14.9 Å². The number of H-pyrrole nitrogens is 1. The molecule has 0 spiro atoms.